The van der Waals surface area contributed by atoms with Gasteiger partial charge < -0.3 is 10.6 Å². The lowest BCUT2D eigenvalue weighted by Gasteiger charge is -2.24. The van der Waals surface area contributed by atoms with Crippen LogP contribution >= 0.6 is 0 Å². The molecule has 1 aliphatic heterocycles. The van der Waals surface area contributed by atoms with Gasteiger partial charge >= 0.3 is 0 Å². The van der Waals surface area contributed by atoms with Gasteiger partial charge in [-0.1, -0.05) is 26.0 Å². The monoisotopic (exact) mass is 278 g/mol. The number of hydrogen-bond donors (Lipinski definition) is 2. The Balaban J connectivity index is 2.08. The quantitative estimate of drug-likeness (QED) is 0.882. The first-order chi connectivity index (χ1) is 9.47. The maximum absolute atomic E-state index is 13.0. The van der Waals surface area contributed by atoms with Crippen molar-refractivity contribution < 1.29 is 14.0 Å². The lowest BCUT2D eigenvalue weighted by molar-refractivity contribution is -0.127. The summed E-state index contributed by atoms with van der Waals surface area (Å²) in [6, 6.07) is 5.95. The van der Waals surface area contributed by atoms with Gasteiger partial charge in [-0.05, 0) is 23.6 Å². The number of rotatable bonds is 4. The Labute approximate surface area is 117 Å². The summed E-state index contributed by atoms with van der Waals surface area (Å²) in [5.41, 5.74) is 0.868. The van der Waals surface area contributed by atoms with E-state index < -0.39 is 0 Å². The molecule has 2 amide bonds. The largest absolute Gasteiger partial charge is 0.355 e. The fourth-order valence-electron chi connectivity index (χ4n) is 2.37. The zero-order chi connectivity index (χ0) is 14.7. The molecule has 20 heavy (non-hydrogen) atoms. The minimum Gasteiger partial charge on any atom is -0.355 e. The third-order valence-corrected chi connectivity index (χ3v) is 3.54. The second kappa shape index (κ2) is 6.03. The van der Waals surface area contributed by atoms with E-state index in [9.17, 15) is 14.0 Å². The zero-order valence-corrected chi connectivity index (χ0v) is 11.7. The molecule has 2 atom stereocenters. The molecule has 108 valence electrons. The van der Waals surface area contributed by atoms with Crippen LogP contribution in [0.3, 0.4) is 0 Å². The average molecular weight is 278 g/mol. The highest BCUT2D eigenvalue weighted by Crippen LogP contribution is 2.23. The van der Waals surface area contributed by atoms with Gasteiger partial charge in [0.1, 0.15) is 5.82 Å². The Morgan fingerprint density at radius 1 is 1.35 bits per heavy atom. The molecule has 5 heteroatoms. The highest BCUT2D eigenvalue weighted by atomic mass is 19.1. The molecule has 4 nitrogen and oxygen atoms in total. The standard InChI is InChI=1S/C15H19FN2O2/c1-9(2)14(10-3-5-12(16)6-4-10)18-15(20)11-7-13(19)17-8-11/h3-6,9,11,14H,7-8H2,1-2H3,(H,17,19)(H,18,20). The van der Waals surface area contributed by atoms with Crippen molar-refractivity contribution in [3.05, 3.63) is 35.6 Å². The Kier molecular flexibility index (Phi) is 4.37. The smallest absolute Gasteiger partial charge is 0.225 e. The van der Waals surface area contributed by atoms with Gasteiger partial charge in [0, 0.05) is 13.0 Å². The molecular weight excluding hydrogens is 259 g/mol. The number of benzene rings is 1. The summed E-state index contributed by atoms with van der Waals surface area (Å²) in [6.07, 6.45) is 0.236. The molecule has 0 aliphatic carbocycles. The minimum atomic E-state index is -0.316. The fraction of sp³-hybridized carbons (Fsp3) is 0.467. The number of hydrogen-bond acceptors (Lipinski definition) is 2. The second-order valence-electron chi connectivity index (χ2n) is 5.49. The Morgan fingerprint density at radius 3 is 2.50 bits per heavy atom. The van der Waals surface area contributed by atoms with E-state index in [4.69, 9.17) is 0 Å². The lowest BCUT2D eigenvalue weighted by Crippen LogP contribution is -2.37. The molecule has 0 bridgehead atoms. The summed E-state index contributed by atoms with van der Waals surface area (Å²) >= 11 is 0. The molecule has 2 N–H and O–H groups in total. The van der Waals surface area contributed by atoms with Crippen molar-refractivity contribution in [1.82, 2.24) is 10.6 Å². The molecule has 0 spiro atoms. The van der Waals surface area contributed by atoms with E-state index in [1.165, 1.54) is 12.1 Å². The van der Waals surface area contributed by atoms with Gasteiger partial charge in [0.15, 0.2) is 0 Å². The van der Waals surface area contributed by atoms with Gasteiger partial charge in [-0.2, -0.15) is 0 Å². The summed E-state index contributed by atoms with van der Waals surface area (Å²) in [6.45, 7) is 4.37. The van der Waals surface area contributed by atoms with E-state index in [1.807, 2.05) is 13.8 Å². The van der Waals surface area contributed by atoms with Gasteiger partial charge in [0.2, 0.25) is 11.8 Å². The van der Waals surface area contributed by atoms with Crippen LogP contribution in [0.2, 0.25) is 0 Å². The molecule has 0 saturated carbocycles. The van der Waals surface area contributed by atoms with Crippen molar-refractivity contribution >= 4 is 11.8 Å². The molecule has 2 unspecified atom stereocenters. The highest BCUT2D eigenvalue weighted by molar-refractivity contribution is 5.89. The van der Waals surface area contributed by atoms with Crippen molar-refractivity contribution in [3.8, 4) is 0 Å². The van der Waals surface area contributed by atoms with Gasteiger partial charge in [-0.15, -0.1) is 0 Å². The minimum absolute atomic E-state index is 0.0898. The van der Waals surface area contributed by atoms with Gasteiger partial charge in [-0.25, -0.2) is 4.39 Å². The first kappa shape index (κ1) is 14.5. The maximum Gasteiger partial charge on any atom is 0.225 e. The first-order valence-corrected chi connectivity index (χ1v) is 6.80. The average Bonchev–Trinajstić information content (AvgIpc) is 2.83. The molecule has 2 rings (SSSR count). The van der Waals surface area contributed by atoms with Crippen LogP contribution in [0.4, 0.5) is 4.39 Å². The molecule has 0 aromatic heterocycles. The molecule has 1 aliphatic rings. The number of carbonyl (C=O) groups excluding carboxylic acids is 2. The third-order valence-electron chi connectivity index (χ3n) is 3.54. The van der Waals surface area contributed by atoms with Crippen molar-refractivity contribution in [3.63, 3.8) is 0 Å². The van der Waals surface area contributed by atoms with Crippen molar-refractivity contribution in [2.24, 2.45) is 11.8 Å². The SMILES string of the molecule is CC(C)C(NC(=O)C1CNC(=O)C1)c1ccc(F)cc1. The molecular formula is C15H19FN2O2. The molecule has 1 aromatic rings. The summed E-state index contributed by atoms with van der Waals surface area (Å²) in [4.78, 5) is 23.3. The summed E-state index contributed by atoms with van der Waals surface area (Å²) in [5.74, 6) is -0.661. The predicted octanol–water partition coefficient (Wildman–Crippen LogP) is 1.78. The number of amides is 2. The topological polar surface area (TPSA) is 58.2 Å². The number of carbonyl (C=O) groups is 2. The van der Waals surface area contributed by atoms with Crippen LogP contribution in [-0.4, -0.2) is 18.4 Å². The normalized spacial score (nSPS) is 19.8. The summed E-state index contributed by atoms with van der Waals surface area (Å²) in [7, 11) is 0. The van der Waals surface area contributed by atoms with Crippen LogP contribution < -0.4 is 10.6 Å². The van der Waals surface area contributed by atoms with E-state index in [0.29, 0.717) is 6.54 Å². The van der Waals surface area contributed by atoms with E-state index in [1.54, 1.807) is 12.1 Å². The lowest BCUT2D eigenvalue weighted by atomic mass is 9.95. The van der Waals surface area contributed by atoms with Gasteiger partial charge in [-0.3, -0.25) is 9.59 Å². The first-order valence-electron chi connectivity index (χ1n) is 6.80. The second-order valence-corrected chi connectivity index (χ2v) is 5.49. The zero-order valence-electron chi connectivity index (χ0n) is 11.7. The van der Waals surface area contributed by atoms with Crippen LogP contribution in [0, 0.1) is 17.7 Å². The Bertz CT molecular complexity index is 499. The highest BCUT2D eigenvalue weighted by Gasteiger charge is 2.30. The van der Waals surface area contributed by atoms with Crippen LogP contribution in [0.25, 0.3) is 0 Å². The van der Waals surface area contributed by atoms with E-state index in [-0.39, 0.29) is 41.9 Å². The van der Waals surface area contributed by atoms with Crippen molar-refractivity contribution in [2.75, 3.05) is 6.54 Å². The predicted molar refractivity (Wildman–Crippen MR) is 73.2 cm³/mol. The van der Waals surface area contributed by atoms with Crippen LogP contribution in [0.1, 0.15) is 31.9 Å². The molecule has 1 aromatic carbocycles. The maximum atomic E-state index is 13.0. The van der Waals surface area contributed by atoms with E-state index >= 15 is 0 Å². The molecule has 1 heterocycles. The van der Waals surface area contributed by atoms with Gasteiger partial charge in [0.05, 0.1) is 12.0 Å². The van der Waals surface area contributed by atoms with Crippen LogP contribution in [-0.2, 0) is 9.59 Å². The third kappa shape index (κ3) is 3.35. The van der Waals surface area contributed by atoms with Gasteiger partial charge in [0.25, 0.3) is 0 Å². The Hall–Kier alpha value is -1.91. The van der Waals surface area contributed by atoms with E-state index in [0.717, 1.165) is 5.56 Å². The molecule has 1 saturated heterocycles. The molecule has 0 radical (unpaired) electrons. The Morgan fingerprint density at radius 2 is 2.00 bits per heavy atom. The fourth-order valence-corrected chi connectivity index (χ4v) is 2.37. The van der Waals surface area contributed by atoms with Crippen molar-refractivity contribution in [1.29, 1.82) is 0 Å². The summed E-state index contributed by atoms with van der Waals surface area (Å²) < 4.78 is 13.0. The van der Waals surface area contributed by atoms with Crippen molar-refractivity contribution in [2.45, 2.75) is 26.3 Å². The number of halogens is 1. The van der Waals surface area contributed by atoms with Crippen LogP contribution in [0.5, 0.6) is 0 Å². The van der Waals surface area contributed by atoms with E-state index in [2.05, 4.69) is 10.6 Å². The number of nitrogens with one attached hydrogen (secondary N) is 2. The van der Waals surface area contributed by atoms with Crippen LogP contribution in [0.15, 0.2) is 24.3 Å². The molecule has 1 fully saturated rings. The summed E-state index contributed by atoms with van der Waals surface area (Å²) in [5, 5.41) is 5.61.